The van der Waals surface area contributed by atoms with Crippen LogP contribution in [-0.4, -0.2) is 44.1 Å². The zero-order valence-electron chi connectivity index (χ0n) is 14.6. The van der Waals surface area contributed by atoms with Crippen LogP contribution in [0.4, 0.5) is 0 Å². The van der Waals surface area contributed by atoms with Crippen molar-refractivity contribution in [1.82, 2.24) is 9.62 Å². The number of carbonyl (C=O) groups excluding carboxylic acids is 1. The van der Waals surface area contributed by atoms with Gasteiger partial charge in [0.25, 0.3) is 0 Å². The SMILES string of the molecule is CC(C)S(=O)(=O)NC[C@H]1CCCN(C(=O)/C=C/c2cccc(Cl)c2)C1. The first-order valence-electron chi connectivity index (χ1n) is 8.49. The van der Waals surface area contributed by atoms with Crippen molar-refractivity contribution in [1.29, 1.82) is 0 Å². The summed E-state index contributed by atoms with van der Waals surface area (Å²) in [6, 6.07) is 7.30. The van der Waals surface area contributed by atoms with Gasteiger partial charge in [-0.05, 0) is 56.4 Å². The van der Waals surface area contributed by atoms with E-state index >= 15 is 0 Å². The van der Waals surface area contributed by atoms with Crippen LogP contribution >= 0.6 is 11.6 Å². The first kappa shape index (κ1) is 19.9. The Balaban J connectivity index is 1.90. The van der Waals surface area contributed by atoms with Crippen LogP contribution in [0.2, 0.25) is 5.02 Å². The van der Waals surface area contributed by atoms with Crippen LogP contribution in [0, 0.1) is 5.92 Å². The molecule has 1 fully saturated rings. The number of nitrogens with one attached hydrogen (secondary N) is 1. The molecule has 1 saturated heterocycles. The van der Waals surface area contributed by atoms with Crippen LogP contribution in [0.1, 0.15) is 32.3 Å². The molecule has 138 valence electrons. The molecule has 1 atom stereocenters. The largest absolute Gasteiger partial charge is 0.339 e. The molecule has 0 saturated carbocycles. The number of piperidine rings is 1. The smallest absolute Gasteiger partial charge is 0.246 e. The van der Waals surface area contributed by atoms with Crippen LogP contribution in [0.25, 0.3) is 6.08 Å². The molecule has 7 heteroatoms. The van der Waals surface area contributed by atoms with Gasteiger partial charge in [0.1, 0.15) is 0 Å². The normalized spacial score (nSPS) is 18.9. The van der Waals surface area contributed by atoms with E-state index in [9.17, 15) is 13.2 Å². The Morgan fingerprint density at radius 3 is 2.88 bits per heavy atom. The van der Waals surface area contributed by atoms with Gasteiger partial charge in [-0.1, -0.05) is 23.7 Å². The lowest BCUT2D eigenvalue weighted by atomic mass is 9.98. The van der Waals surface area contributed by atoms with Gasteiger partial charge in [-0.2, -0.15) is 0 Å². The predicted molar refractivity (Wildman–Crippen MR) is 102 cm³/mol. The molecule has 1 amide bonds. The molecule has 5 nitrogen and oxygen atoms in total. The summed E-state index contributed by atoms with van der Waals surface area (Å²) in [6.07, 6.45) is 5.10. The highest BCUT2D eigenvalue weighted by atomic mass is 35.5. The van der Waals surface area contributed by atoms with Crippen molar-refractivity contribution in [2.45, 2.75) is 31.9 Å². The van der Waals surface area contributed by atoms with Gasteiger partial charge in [0.2, 0.25) is 15.9 Å². The van der Waals surface area contributed by atoms with Gasteiger partial charge in [-0.25, -0.2) is 13.1 Å². The molecular formula is C18H25ClN2O3S. The van der Waals surface area contributed by atoms with E-state index in [4.69, 9.17) is 11.6 Å². The maximum absolute atomic E-state index is 12.4. The fraction of sp³-hybridized carbons (Fsp3) is 0.500. The van der Waals surface area contributed by atoms with Crippen LogP contribution in [0.3, 0.4) is 0 Å². The fourth-order valence-electron chi connectivity index (χ4n) is 2.72. The van der Waals surface area contributed by atoms with Crippen molar-refractivity contribution in [3.63, 3.8) is 0 Å². The summed E-state index contributed by atoms with van der Waals surface area (Å²) in [5.74, 6) is 0.0854. The summed E-state index contributed by atoms with van der Waals surface area (Å²) >= 11 is 5.94. The van der Waals surface area contributed by atoms with Crippen molar-refractivity contribution in [2.24, 2.45) is 5.92 Å². The molecule has 0 bridgehead atoms. The summed E-state index contributed by atoms with van der Waals surface area (Å²) in [5.41, 5.74) is 0.874. The minimum absolute atomic E-state index is 0.0589. The average molecular weight is 385 g/mol. The molecule has 1 heterocycles. The molecule has 1 aromatic rings. The van der Waals surface area contributed by atoms with Crippen LogP contribution < -0.4 is 4.72 Å². The number of likely N-dealkylation sites (tertiary alicyclic amines) is 1. The Labute approximate surface area is 155 Å². The maximum Gasteiger partial charge on any atom is 0.246 e. The van der Waals surface area contributed by atoms with E-state index in [2.05, 4.69) is 4.72 Å². The summed E-state index contributed by atoms with van der Waals surface area (Å²) in [7, 11) is -3.27. The van der Waals surface area contributed by atoms with Crippen LogP contribution in [-0.2, 0) is 14.8 Å². The highest BCUT2D eigenvalue weighted by Crippen LogP contribution is 2.17. The first-order valence-corrected chi connectivity index (χ1v) is 10.4. The Kier molecular flexibility index (Phi) is 7.04. The third-order valence-corrected chi connectivity index (χ3v) is 6.34. The van der Waals surface area contributed by atoms with Gasteiger partial charge in [-0.15, -0.1) is 0 Å². The molecule has 25 heavy (non-hydrogen) atoms. The standard InChI is InChI=1S/C18H25ClN2O3S/c1-14(2)25(23,24)20-12-16-6-4-10-21(13-16)18(22)9-8-15-5-3-7-17(19)11-15/h3,5,7-9,11,14,16,20H,4,6,10,12-13H2,1-2H3/b9-8+/t16-/m1/s1. The quantitative estimate of drug-likeness (QED) is 0.767. The zero-order valence-corrected chi connectivity index (χ0v) is 16.2. The molecule has 1 aliphatic heterocycles. The third kappa shape index (κ3) is 6.13. The number of hydrogen-bond donors (Lipinski definition) is 1. The second kappa shape index (κ2) is 8.83. The van der Waals surface area contributed by atoms with E-state index in [-0.39, 0.29) is 11.8 Å². The summed E-state index contributed by atoms with van der Waals surface area (Å²) in [5, 5.41) is 0.180. The van der Waals surface area contributed by atoms with Crippen molar-refractivity contribution in [3.8, 4) is 0 Å². The van der Waals surface area contributed by atoms with E-state index in [1.807, 2.05) is 12.1 Å². The van der Waals surface area contributed by atoms with Crippen molar-refractivity contribution >= 4 is 33.6 Å². The van der Waals surface area contributed by atoms with Gasteiger partial charge in [0.05, 0.1) is 5.25 Å². The van der Waals surface area contributed by atoms with Crippen LogP contribution in [0.5, 0.6) is 0 Å². The number of benzene rings is 1. The van der Waals surface area contributed by atoms with Crippen LogP contribution in [0.15, 0.2) is 30.3 Å². The molecule has 0 aliphatic carbocycles. The number of sulfonamides is 1. The van der Waals surface area contributed by atoms with Crippen molar-refractivity contribution in [3.05, 3.63) is 40.9 Å². The zero-order chi connectivity index (χ0) is 18.4. The van der Waals surface area contributed by atoms with Crippen molar-refractivity contribution < 1.29 is 13.2 Å². The van der Waals surface area contributed by atoms with Gasteiger partial charge in [0.15, 0.2) is 0 Å². The number of carbonyl (C=O) groups is 1. The number of nitrogens with zero attached hydrogens (tertiary/aromatic N) is 1. The highest BCUT2D eigenvalue weighted by Gasteiger charge is 2.24. The topological polar surface area (TPSA) is 66.5 Å². The lowest BCUT2D eigenvalue weighted by molar-refractivity contribution is -0.127. The van der Waals surface area contributed by atoms with E-state index in [0.717, 1.165) is 18.4 Å². The Hall–Kier alpha value is -1.37. The second-order valence-electron chi connectivity index (χ2n) is 6.62. The predicted octanol–water partition coefficient (Wildman–Crippen LogP) is 2.92. The summed E-state index contributed by atoms with van der Waals surface area (Å²) in [4.78, 5) is 14.2. The van der Waals surface area contributed by atoms with E-state index in [0.29, 0.717) is 24.7 Å². The van der Waals surface area contributed by atoms with E-state index in [1.54, 1.807) is 43.0 Å². The molecule has 0 spiro atoms. The van der Waals surface area contributed by atoms with E-state index in [1.165, 1.54) is 0 Å². The monoisotopic (exact) mass is 384 g/mol. The number of amides is 1. The lowest BCUT2D eigenvalue weighted by Gasteiger charge is -2.32. The van der Waals surface area contributed by atoms with Gasteiger partial charge < -0.3 is 4.90 Å². The lowest BCUT2D eigenvalue weighted by Crippen LogP contribution is -2.44. The number of rotatable bonds is 6. The molecule has 1 N–H and O–H groups in total. The number of halogens is 1. The number of hydrogen-bond acceptors (Lipinski definition) is 3. The van der Waals surface area contributed by atoms with Gasteiger partial charge >= 0.3 is 0 Å². The van der Waals surface area contributed by atoms with Gasteiger partial charge in [-0.3, -0.25) is 4.79 Å². The molecule has 0 radical (unpaired) electrons. The maximum atomic E-state index is 12.4. The molecule has 0 aromatic heterocycles. The molecule has 1 aromatic carbocycles. The first-order chi connectivity index (χ1) is 11.8. The molecular weight excluding hydrogens is 360 g/mol. The average Bonchev–Trinajstić information content (AvgIpc) is 2.58. The van der Waals surface area contributed by atoms with Gasteiger partial charge in [0, 0.05) is 30.7 Å². The summed E-state index contributed by atoms with van der Waals surface area (Å²) < 4.78 is 26.4. The molecule has 1 aliphatic rings. The summed E-state index contributed by atoms with van der Waals surface area (Å²) in [6.45, 7) is 4.95. The highest BCUT2D eigenvalue weighted by molar-refractivity contribution is 7.90. The third-order valence-electron chi connectivity index (χ3n) is 4.29. The van der Waals surface area contributed by atoms with Crippen molar-refractivity contribution in [2.75, 3.05) is 19.6 Å². The fourth-order valence-corrected chi connectivity index (χ4v) is 3.72. The Morgan fingerprint density at radius 2 is 2.20 bits per heavy atom. The second-order valence-corrected chi connectivity index (χ2v) is 9.38. The Morgan fingerprint density at radius 1 is 1.44 bits per heavy atom. The Bertz CT molecular complexity index is 732. The minimum atomic E-state index is -3.27. The molecule has 2 rings (SSSR count). The van der Waals surface area contributed by atoms with E-state index < -0.39 is 15.3 Å². The molecule has 0 unspecified atom stereocenters. The minimum Gasteiger partial charge on any atom is -0.339 e.